The number of rotatable bonds is 6. The first-order valence-corrected chi connectivity index (χ1v) is 7.96. The molecule has 4 heteroatoms. The molecule has 18 heavy (non-hydrogen) atoms. The summed E-state index contributed by atoms with van der Waals surface area (Å²) in [7, 11) is 0. The van der Waals surface area contributed by atoms with Crippen molar-refractivity contribution in [2.75, 3.05) is 26.2 Å². The minimum Gasteiger partial charge on any atom is -0.311 e. The van der Waals surface area contributed by atoms with Gasteiger partial charge in [-0.2, -0.15) is 0 Å². The van der Waals surface area contributed by atoms with Gasteiger partial charge in [-0.1, -0.05) is 6.92 Å². The van der Waals surface area contributed by atoms with Crippen molar-refractivity contribution in [3.8, 4) is 0 Å². The van der Waals surface area contributed by atoms with Crippen LogP contribution in [0, 0.1) is 12.8 Å². The van der Waals surface area contributed by atoms with Crippen LogP contribution in [0.25, 0.3) is 0 Å². The van der Waals surface area contributed by atoms with Crippen molar-refractivity contribution >= 4 is 11.3 Å². The van der Waals surface area contributed by atoms with Crippen molar-refractivity contribution in [2.45, 2.75) is 39.7 Å². The highest BCUT2D eigenvalue weighted by Crippen LogP contribution is 2.15. The van der Waals surface area contributed by atoms with Gasteiger partial charge in [0.25, 0.3) is 0 Å². The molecule has 1 aliphatic heterocycles. The largest absolute Gasteiger partial charge is 0.311 e. The van der Waals surface area contributed by atoms with E-state index in [1.807, 2.05) is 0 Å². The third kappa shape index (κ3) is 4.67. The monoisotopic (exact) mass is 267 g/mol. The first kappa shape index (κ1) is 14.0. The number of aryl methyl sites for hydroxylation is 1. The molecule has 0 unspecified atom stereocenters. The highest BCUT2D eigenvalue weighted by atomic mass is 32.1. The van der Waals surface area contributed by atoms with E-state index in [-0.39, 0.29) is 0 Å². The van der Waals surface area contributed by atoms with E-state index in [4.69, 9.17) is 0 Å². The van der Waals surface area contributed by atoms with Crippen LogP contribution in [0.4, 0.5) is 0 Å². The second-order valence-electron chi connectivity index (χ2n) is 5.41. The van der Waals surface area contributed by atoms with Crippen LogP contribution in [0.15, 0.2) is 5.38 Å². The van der Waals surface area contributed by atoms with Crippen LogP contribution in [0.5, 0.6) is 0 Å². The molecule has 2 rings (SSSR count). The maximum absolute atomic E-state index is 4.45. The summed E-state index contributed by atoms with van der Waals surface area (Å²) >= 11 is 1.73. The molecule has 0 aromatic carbocycles. The highest BCUT2D eigenvalue weighted by Gasteiger charge is 2.14. The van der Waals surface area contributed by atoms with Crippen molar-refractivity contribution in [2.24, 2.45) is 5.92 Å². The number of piperidine rings is 1. The van der Waals surface area contributed by atoms with Crippen LogP contribution in [0.3, 0.4) is 0 Å². The predicted octanol–water partition coefficient (Wildman–Crippen LogP) is 2.66. The molecule has 0 spiro atoms. The summed E-state index contributed by atoms with van der Waals surface area (Å²) in [6, 6.07) is 0. The molecule has 1 saturated heterocycles. The summed E-state index contributed by atoms with van der Waals surface area (Å²) in [5.41, 5.74) is 1.18. The van der Waals surface area contributed by atoms with Crippen molar-refractivity contribution in [1.82, 2.24) is 15.2 Å². The maximum Gasteiger partial charge on any atom is 0.0897 e. The molecule has 102 valence electrons. The first-order valence-electron chi connectivity index (χ1n) is 7.08. The first-order chi connectivity index (χ1) is 8.74. The Morgan fingerprint density at radius 2 is 2.22 bits per heavy atom. The zero-order valence-corrected chi connectivity index (χ0v) is 12.4. The molecule has 2 heterocycles. The lowest BCUT2D eigenvalue weighted by molar-refractivity contribution is 0.190. The lowest BCUT2D eigenvalue weighted by Crippen LogP contribution is -2.34. The Labute approximate surface area is 115 Å². The van der Waals surface area contributed by atoms with Gasteiger partial charge in [0, 0.05) is 11.9 Å². The van der Waals surface area contributed by atoms with Gasteiger partial charge in [-0.15, -0.1) is 11.3 Å². The molecule has 1 fully saturated rings. The van der Waals surface area contributed by atoms with Crippen LogP contribution in [0.2, 0.25) is 0 Å². The van der Waals surface area contributed by atoms with Crippen molar-refractivity contribution in [3.63, 3.8) is 0 Å². The van der Waals surface area contributed by atoms with E-state index in [0.717, 1.165) is 24.0 Å². The topological polar surface area (TPSA) is 28.2 Å². The summed E-state index contributed by atoms with van der Waals surface area (Å²) in [5, 5.41) is 6.79. The molecule has 3 nitrogen and oxygen atoms in total. The maximum atomic E-state index is 4.45. The zero-order chi connectivity index (χ0) is 12.8. The summed E-state index contributed by atoms with van der Waals surface area (Å²) in [5.74, 6) is 0.937. The van der Waals surface area contributed by atoms with Gasteiger partial charge in [-0.05, 0) is 58.3 Å². The van der Waals surface area contributed by atoms with Gasteiger partial charge in [-0.25, -0.2) is 4.98 Å². The number of aromatic nitrogens is 1. The summed E-state index contributed by atoms with van der Waals surface area (Å²) in [6.07, 6.45) is 4.01. The number of nitrogens with one attached hydrogen (secondary N) is 1. The van der Waals surface area contributed by atoms with Crippen LogP contribution >= 0.6 is 11.3 Å². The molecular weight excluding hydrogens is 242 g/mol. The standard InChI is InChI=1S/C14H25N3S/c1-12-4-8-17(9-5-12)7-3-6-15-10-14-11-18-13(2)16-14/h11-12,15H,3-10H2,1-2H3. The van der Waals surface area contributed by atoms with Gasteiger partial charge < -0.3 is 10.2 Å². The Kier molecular flexibility index (Phi) is 5.60. The van der Waals surface area contributed by atoms with Gasteiger partial charge in [0.1, 0.15) is 0 Å². The van der Waals surface area contributed by atoms with E-state index >= 15 is 0 Å². The van der Waals surface area contributed by atoms with E-state index < -0.39 is 0 Å². The lowest BCUT2D eigenvalue weighted by atomic mass is 9.99. The Morgan fingerprint density at radius 1 is 1.44 bits per heavy atom. The number of hydrogen-bond acceptors (Lipinski definition) is 4. The van der Waals surface area contributed by atoms with Crippen molar-refractivity contribution in [3.05, 3.63) is 16.1 Å². The number of likely N-dealkylation sites (tertiary alicyclic amines) is 1. The molecule has 1 aromatic rings. The Bertz CT molecular complexity index is 343. The smallest absolute Gasteiger partial charge is 0.0897 e. The summed E-state index contributed by atoms with van der Waals surface area (Å²) < 4.78 is 0. The lowest BCUT2D eigenvalue weighted by Gasteiger charge is -2.30. The predicted molar refractivity (Wildman–Crippen MR) is 78.0 cm³/mol. The number of thiazole rings is 1. The molecule has 0 atom stereocenters. The van der Waals surface area contributed by atoms with E-state index in [9.17, 15) is 0 Å². The molecule has 1 aromatic heterocycles. The molecule has 0 radical (unpaired) electrons. The average Bonchev–Trinajstić information content (AvgIpc) is 2.77. The fraction of sp³-hybridized carbons (Fsp3) is 0.786. The van der Waals surface area contributed by atoms with Crippen molar-refractivity contribution in [1.29, 1.82) is 0 Å². The van der Waals surface area contributed by atoms with E-state index in [2.05, 4.69) is 34.4 Å². The molecule has 0 amide bonds. The van der Waals surface area contributed by atoms with Gasteiger partial charge in [0.05, 0.1) is 10.7 Å². The Balaban J connectivity index is 1.51. The second-order valence-corrected chi connectivity index (χ2v) is 6.47. The Morgan fingerprint density at radius 3 is 2.89 bits per heavy atom. The van der Waals surface area contributed by atoms with Gasteiger partial charge >= 0.3 is 0 Å². The van der Waals surface area contributed by atoms with Crippen LogP contribution < -0.4 is 5.32 Å². The van der Waals surface area contributed by atoms with Crippen LogP contribution in [-0.2, 0) is 6.54 Å². The fourth-order valence-electron chi connectivity index (χ4n) is 2.42. The van der Waals surface area contributed by atoms with Crippen LogP contribution in [0.1, 0.15) is 36.9 Å². The molecular formula is C14H25N3S. The molecule has 0 saturated carbocycles. The average molecular weight is 267 g/mol. The molecule has 1 N–H and O–H groups in total. The highest BCUT2D eigenvalue weighted by molar-refractivity contribution is 7.09. The van der Waals surface area contributed by atoms with E-state index in [0.29, 0.717) is 0 Å². The molecule has 1 aliphatic rings. The third-order valence-corrected chi connectivity index (χ3v) is 4.50. The third-order valence-electron chi connectivity index (χ3n) is 3.68. The minimum absolute atomic E-state index is 0.918. The fourth-order valence-corrected chi connectivity index (χ4v) is 3.03. The second kappa shape index (κ2) is 7.22. The van der Waals surface area contributed by atoms with E-state index in [1.54, 1.807) is 11.3 Å². The van der Waals surface area contributed by atoms with Gasteiger partial charge in [-0.3, -0.25) is 0 Å². The molecule has 0 aliphatic carbocycles. The van der Waals surface area contributed by atoms with Gasteiger partial charge in [0.15, 0.2) is 0 Å². The van der Waals surface area contributed by atoms with E-state index in [1.165, 1.54) is 44.6 Å². The number of hydrogen-bond donors (Lipinski definition) is 1. The SMILES string of the molecule is Cc1nc(CNCCCN2CCC(C)CC2)cs1. The zero-order valence-electron chi connectivity index (χ0n) is 11.6. The van der Waals surface area contributed by atoms with Gasteiger partial charge in [0.2, 0.25) is 0 Å². The van der Waals surface area contributed by atoms with Crippen LogP contribution in [-0.4, -0.2) is 36.1 Å². The van der Waals surface area contributed by atoms with Crippen molar-refractivity contribution < 1.29 is 0 Å². The summed E-state index contributed by atoms with van der Waals surface area (Å²) in [6.45, 7) is 10.3. The normalized spacial score (nSPS) is 18.3. The number of nitrogens with zero attached hydrogens (tertiary/aromatic N) is 2. The quantitative estimate of drug-likeness (QED) is 0.803. The Hall–Kier alpha value is -0.450. The molecule has 0 bridgehead atoms. The minimum atomic E-state index is 0.918. The summed E-state index contributed by atoms with van der Waals surface area (Å²) in [4.78, 5) is 7.06.